The van der Waals surface area contributed by atoms with Gasteiger partial charge in [-0.15, -0.1) is 0 Å². The third kappa shape index (κ3) is 6.50. The van der Waals surface area contributed by atoms with E-state index in [1.807, 2.05) is 115 Å². The average Bonchev–Trinajstić information content (AvgIpc) is 3.22. The van der Waals surface area contributed by atoms with E-state index in [0.29, 0.717) is 40.5 Å². The topological polar surface area (TPSA) is 41.9 Å². The highest BCUT2D eigenvalue weighted by atomic mass is 35.5. The van der Waals surface area contributed by atoms with Gasteiger partial charge in [-0.05, 0) is 52.7 Å². The fraction of sp³-hybridized carbons (Fsp3) is 0.0968. The van der Waals surface area contributed by atoms with Gasteiger partial charge in [-0.2, -0.15) is 0 Å². The summed E-state index contributed by atoms with van der Waals surface area (Å²) >= 11 is 7.52. The zero-order valence-electron chi connectivity index (χ0n) is 20.1. The number of para-hydroxylation sites is 1. The van der Waals surface area contributed by atoms with Crippen LogP contribution in [0.3, 0.4) is 0 Å². The standard InChI is InChI=1S/C31H25ClN2O2S/c32-27-16-9-14-25(18-27)22-36-28-17-8-7-15-26(28)19-29-30(35)34(21-24-12-5-2-6-13-24)31(37-29)33-20-23-10-3-1-4-11-23/h1-19H,20-22H2/b29-19+,33-31?. The van der Waals surface area contributed by atoms with Crippen LogP contribution in [-0.2, 0) is 24.5 Å². The summed E-state index contributed by atoms with van der Waals surface area (Å²) in [4.78, 5) is 20.8. The van der Waals surface area contributed by atoms with E-state index < -0.39 is 0 Å². The summed E-state index contributed by atoms with van der Waals surface area (Å²) < 4.78 is 6.11. The van der Waals surface area contributed by atoms with E-state index in [0.717, 1.165) is 22.3 Å². The van der Waals surface area contributed by atoms with Crippen molar-refractivity contribution in [3.05, 3.63) is 141 Å². The predicted molar refractivity (Wildman–Crippen MR) is 152 cm³/mol. The van der Waals surface area contributed by atoms with E-state index in [4.69, 9.17) is 21.3 Å². The highest BCUT2D eigenvalue weighted by molar-refractivity contribution is 8.18. The molecule has 1 amide bonds. The molecule has 0 saturated carbocycles. The maximum atomic E-state index is 13.6. The van der Waals surface area contributed by atoms with E-state index in [-0.39, 0.29) is 5.91 Å². The van der Waals surface area contributed by atoms with Crippen LogP contribution in [0.5, 0.6) is 5.75 Å². The largest absolute Gasteiger partial charge is 0.488 e. The number of amidine groups is 1. The van der Waals surface area contributed by atoms with Crippen molar-refractivity contribution in [3.8, 4) is 5.75 Å². The predicted octanol–water partition coefficient (Wildman–Crippen LogP) is 7.59. The molecule has 0 aliphatic carbocycles. The van der Waals surface area contributed by atoms with Gasteiger partial charge in [0.2, 0.25) is 0 Å². The van der Waals surface area contributed by atoms with E-state index >= 15 is 0 Å². The molecule has 0 unspecified atom stereocenters. The third-order valence-corrected chi connectivity index (χ3v) is 7.08. The molecule has 0 aromatic heterocycles. The summed E-state index contributed by atoms with van der Waals surface area (Å²) in [7, 11) is 0. The zero-order valence-corrected chi connectivity index (χ0v) is 21.7. The van der Waals surface area contributed by atoms with Crippen molar-refractivity contribution in [3.63, 3.8) is 0 Å². The maximum absolute atomic E-state index is 13.6. The molecule has 0 radical (unpaired) electrons. The molecule has 5 rings (SSSR count). The molecule has 1 aliphatic heterocycles. The molecule has 0 spiro atoms. The molecule has 1 heterocycles. The minimum Gasteiger partial charge on any atom is -0.488 e. The first-order valence-corrected chi connectivity index (χ1v) is 13.1. The van der Waals surface area contributed by atoms with E-state index in [1.54, 1.807) is 4.90 Å². The van der Waals surface area contributed by atoms with Crippen LogP contribution in [0.25, 0.3) is 6.08 Å². The number of ether oxygens (including phenoxy) is 1. The molecule has 37 heavy (non-hydrogen) atoms. The molecule has 4 aromatic carbocycles. The van der Waals surface area contributed by atoms with Crippen LogP contribution in [0.1, 0.15) is 22.3 Å². The Kier molecular flexibility index (Phi) is 8.04. The molecule has 184 valence electrons. The second-order valence-corrected chi connectivity index (χ2v) is 9.97. The Balaban J connectivity index is 1.41. The van der Waals surface area contributed by atoms with Crippen LogP contribution in [0.15, 0.2) is 119 Å². The van der Waals surface area contributed by atoms with Crippen LogP contribution < -0.4 is 4.74 Å². The molecule has 0 atom stereocenters. The monoisotopic (exact) mass is 524 g/mol. The maximum Gasteiger partial charge on any atom is 0.267 e. The lowest BCUT2D eigenvalue weighted by atomic mass is 10.1. The second kappa shape index (κ2) is 12.0. The Hall–Kier alpha value is -3.80. The second-order valence-electron chi connectivity index (χ2n) is 8.53. The SMILES string of the molecule is O=C1/C(=C\c2ccccc2OCc2cccc(Cl)c2)SC(=NCc2ccccc2)N1Cc1ccccc1. The molecule has 1 saturated heterocycles. The number of halogens is 1. The van der Waals surface area contributed by atoms with Crippen molar-refractivity contribution >= 4 is 40.5 Å². The highest BCUT2D eigenvalue weighted by Crippen LogP contribution is 2.35. The number of benzene rings is 4. The summed E-state index contributed by atoms with van der Waals surface area (Å²) in [6, 6.07) is 35.4. The quantitative estimate of drug-likeness (QED) is 0.223. The first-order chi connectivity index (χ1) is 18.2. The van der Waals surface area contributed by atoms with Gasteiger partial charge < -0.3 is 4.74 Å². The number of rotatable bonds is 8. The minimum atomic E-state index is -0.0645. The molecule has 1 aliphatic rings. The smallest absolute Gasteiger partial charge is 0.267 e. The molecule has 4 aromatic rings. The van der Waals surface area contributed by atoms with Crippen LogP contribution in [0, 0.1) is 0 Å². The molecular weight excluding hydrogens is 500 g/mol. The van der Waals surface area contributed by atoms with Gasteiger partial charge in [0.15, 0.2) is 5.17 Å². The van der Waals surface area contributed by atoms with Gasteiger partial charge >= 0.3 is 0 Å². The lowest BCUT2D eigenvalue weighted by Gasteiger charge is -2.15. The number of carbonyl (C=O) groups excluding carboxylic acids is 1. The Morgan fingerprint density at radius 1 is 0.811 bits per heavy atom. The Morgan fingerprint density at radius 2 is 1.49 bits per heavy atom. The normalized spacial score (nSPS) is 15.5. The van der Waals surface area contributed by atoms with Gasteiger partial charge in [0.25, 0.3) is 5.91 Å². The Bertz CT molecular complexity index is 1440. The van der Waals surface area contributed by atoms with Gasteiger partial charge in [-0.1, -0.05) is 103 Å². The molecule has 4 nitrogen and oxygen atoms in total. The van der Waals surface area contributed by atoms with Crippen LogP contribution in [-0.4, -0.2) is 16.0 Å². The number of hydrogen-bond donors (Lipinski definition) is 0. The summed E-state index contributed by atoms with van der Waals surface area (Å²) in [6.07, 6.45) is 1.89. The van der Waals surface area contributed by atoms with Crippen LogP contribution in [0.4, 0.5) is 0 Å². The number of amides is 1. The fourth-order valence-electron chi connectivity index (χ4n) is 3.93. The number of nitrogens with zero attached hydrogens (tertiary/aromatic N) is 2. The first-order valence-electron chi connectivity index (χ1n) is 12.0. The van der Waals surface area contributed by atoms with Crippen molar-refractivity contribution in [2.24, 2.45) is 4.99 Å². The van der Waals surface area contributed by atoms with Crippen LogP contribution >= 0.6 is 23.4 Å². The molecular formula is C31H25ClN2O2S. The molecule has 6 heteroatoms. The number of hydrogen-bond acceptors (Lipinski definition) is 4. The Labute approximate surface area is 226 Å². The fourth-order valence-corrected chi connectivity index (χ4v) is 5.11. The molecule has 0 bridgehead atoms. The van der Waals surface area contributed by atoms with Crippen LogP contribution in [0.2, 0.25) is 5.02 Å². The summed E-state index contributed by atoms with van der Waals surface area (Å²) in [5.74, 6) is 0.637. The Morgan fingerprint density at radius 3 is 2.24 bits per heavy atom. The first kappa shape index (κ1) is 24.9. The number of carbonyl (C=O) groups is 1. The van der Waals surface area contributed by atoms with Gasteiger partial charge in [0.1, 0.15) is 12.4 Å². The minimum absolute atomic E-state index is 0.0645. The highest BCUT2D eigenvalue weighted by Gasteiger charge is 2.33. The van der Waals surface area contributed by atoms with Crippen molar-refractivity contribution in [2.75, 3.05) is 0 Å². The molecule has 0 N–H and O–H groups in total. The number of thioether (sulfide) groups is 1. The number of aliphatic imine (C=N–C) groups is 1. The van der Waals surface area contributed by atoms with Gasteiger partial charge in [0, 0.05) is 10.6 Å². The van der Waals surface area contributed by atoms with E-state index in [9.17, 15) is 4.79 Å². The van der Waals surface area contributed by atoms with E-state index in [1.165, 1.54) is 11.8 Å². The third-order valence-electron chi connectivity index (χ3n) is 5.80. The van der Waals surface area contributed by atoms with Gasteiger partial charge in [0.05, 0.1) is 18.0 Å². The summed E-state index contributed by atoms with van der Waals surface area (Å²) in [6.45, 7) is 1.35. The molecule has 1 fully saturated rings. The summed E-state index contributed by atoms with van der Waals surface area (Å²) in [5.41, 5.74) is 3.96. The van der Waals surface area contributed by atoms with Gasteiger partial charge in [-0.3, -0.25) is 14.7 Å². The van der Waals surface area contributed by atoms with E-state index in [2.05, 4.69) is 0 Å². The zero-order chi connectivity index (χ0) is 25.5. The average molecular weight is 525 g/mol. The van der Waals surface area contributed by atoms with Crippen molar-refractivity contribution in [1.29, 1.82) is 0 Å². The lowest BCUT2D eigenvalue weighted by Crippen LogP contribution is -2.28. The van der Waals surface area contributed by atoms with Gasteiger partial charge in [-0.25, -0.2) is 0 Å². The lowest BCUT2D eigenvalue weighted by molar-refractivity contribution is -0.122. The summed E-state index contributed by atoms with van der Waals surface area (Å²) in [5, 5.41) is 1.37. The van der Waals surface area contributed by atoms with Crippen molar-refractivity contribution in [2.45, 2.75) is 19.7 Å². The van der Waals surface area contributed by atoms with Crippen molar-refractivity contribution < 1.29 is 9.53 Å². The van der Waals surface area contributed by atoms with Crippen molar-refractivity contribution in [1.82, 2.24) is 4.90 Å².